The minimum atomic E-state index is -1.84. The van der Waals surface area contributed by atoms with Crippen LogP contribution in [0.25, 0.3) is 0 Å². The quantitative estimate of drug-likeness (QED) is 0.800. The van der Waals surface area contributed by atoms with Crippen LogP contribution >= 0.6 is 23.2 Å². The van der Waals surface area contributed by atoms with Crippen LogP contribution in [0.5, 0.6) is 0 Å². The molecule has 22 heavy (non-hydrogen) atoms. The van der Waals surface area contributed by atoms with Gasteiger partial charge in [0.1, 0.15) is 5.60 Å². The van der Waals surface area contributed by atoms with Gasteiger partial charge >= 0.3 is 6.09 Å². The highest BCUT2D eigenvalue weighted by molar-refractivity contribution is 7.78. The zero-order valence-corrected chi connectivity index (χ0v) is 14.8. The summed E-state index contributed by atoms with van der Waals surface area (Å²) in [5.74, 6) is 0. The summed E-state index contributed by atoms with van der Waals surface area (Å²) in [5, 5.41) is 0.892. The Bertz CT molecular complexity index is 603. The molecule has 2 rings (SSSR count). The van der Waals surface area contributed by atoms with Crippen molar-refractivity contribution in [1.29, 1.82) is 0 Å². The molecule has 8 heteroatoms. The van der Waals surface area contributed by atoms with E-state index in [1.54, 1.807) is 32.9 Å². The van der Waals surface area contributed by atoms with Gasteiger partial charge in [0.2, 0.25) is 0 Å². The van der Waals surface area contributed by atoms with Crippen LogP contribution in [0.4, 0.5) is 4.79 Å². The van der Waals surface area contributed by atoms with E-state index in [9.17, 15) is 9.00 Å². The molecule has 2 atom stereocenters. The second kappa shape index (κ2) is 6.74. The van der Waals surface area contributed by atoms with Crippen LogP contribution in [0.3, 0.4) is 0 Å². The third-order valence-electron chi connectivity index (χ3n) is 2.88. The van der Waals surface area contributed by atoms with Crippen LogP contribution in [-0.4, -0.2) is 32.9 Å². The van der Waals surface area contributed by atoms with Crippen LogP contribution in [-0.2, 0) is 26.6 Å². The third kappa shape index (κ3) is 4.35. The molecule has 0 saturated carbocycles. The van der Waals surface area contributed by atoms with E-state index in [1.165, 1.54) is 0 Å². The summed E-state index contributed by atoms with van der Waals surface area (Å²) in [5.41, 5.74) is 0.202. The lowest BCUT2D eigenvalue weighted by atomic mass is 10.1. The number of carbonyl (C=O) groups is 1. The fourth-order valence-corrected chi connectivity index (χ4v) is 3.23. The van der Waals surface area contributed by atoms with Crippen molar-refractivity contribution in [3.63, 3.8) is 0 Å². The second-order valence-corrected chi connectivity index (χ2v) is 7.79. The monoisotopic (exact) mass is 365 g/mol. The molecule has 5 nitrogen and oxygen atoms in total. The van der Waals surface area contributed by atoms with Crippen LogP contribution in [0.1, 0.15) is 26.3 Å². The molecule has 1 heterocycles. The SMILES string of the molecule is CC(C)(C)OC(=O)N1[C@@H](Cc2ccc(Cl)c(Cl)c2)COS1=O. The van der Waals surface area contributed by atoms with Gasteiger partial charge in [0.05, 0.1) is 22.7 Å². The lowest BCUT2D eigenvalue weighted by Gasteiger charge is -2.25. The molecule has 1 aromatic carbocycles. The highest BCUT2D eigenvalue weighted by Crippen LogP contribution is 2.26. The first-order valence-corrected chi connectivity index (χ1v) is 8.47. The second-order valence-electron chi connectivity index (χ2n) is 5.91. The number of hydrogen-bond acceptors (Lipinski definition) is 4. The smallest absolute Gasteiger partial charge is 0.424 e. The van der Waals surface area contributed by atoms with Gasteiger partial charge in [-0.1, -0.05) is 29.3 Å². The number of hydrogen-bond donors (Lipinski definition) is 0. The number of ether oxygens (including phenoxy) is 1. The number of halogens is 2. The van der Waals surface area contributed by atoms with E-state index < -0.39 is 23.0 Å². The summed E-state index contributed by atoms with van der Waals surface area (Å²) in [6.45, 7) is 5.42. The molecule has 1 aliphatic rings. The average Bonchev–Trinajstić information content (AvgIpc) is 2.73. The van der Waals surface area contributed by atoms with Gasteiger partial charge in [-0.25, -0.2) is 9.00 Å². The minimum absolute atomic E-state index is 0.173. The molecule has 1 fully saturated rings. The Hall–Kier alpha value is -0.820. The summed E-state index contributed by atoms with van der Waals surface area (Å²) in [6.07, 6.45) is -0.213. The van der Waals surface area contributed by atoms with E-state index in [1.807, 2.05) is 6.07 Å². The van der Waals surface area contributed by atoms with E-state index in [2.05, 4.69) is 0 Å². The standard InChI is InChI=1S/C14H17Cl2NO4S/c1-14(2,3)21-13(18)17-10(8-20-22(17)19)6-9-4-5-11(15)12(16)7-9/h4-5,7,10H,6,8H2,1-3H3/t10-,22?/m0/s1. The zero-order valence-electron chi connectivity index (χ0n) is 12.5. The molecule has 1 saturated heterocycles. The number of amides is 1. The van der Waals surface area contributed by atoms with Crippen molar-refractivity contribution in [2.24, 2.45) is 0 Å². The van der Waals surface area contributed by atoms with Crippen LogP contribution in [0.2, 0.25) is 10.0 Å². The van der Waals surface area contributed by atoms with E-state index in [4.69, 9.17) is 32.1 Å². The molecule has 1 unspecified atom stereocenters. The van der Waals surface area contributed by atoms with Gasteiger partial charge in [0.25, 0.3) is 11.3 Å². The zero-order chi connectivity index (χ0) is 16.5. The first-order valence-electron chi connectivity index (χ1n) is 6.68. The topological polar surface area (TPSA) is 55.8 Å². The molecule has 0 spiro atoms. The van der Waals surface area contributed by atoms with Crippen LogP contribution in [0, 0.1) is 0 Å². The van der Waals surface area contributed by atoms with E-state index in [0.717, 1.165) is 9.87 Å². The van der Waals surface area contributed by atoms with E-state index in [-0.39, 0.29) is 12.6 Å². The average molecular weight is 366 g/mol. The summed E-state index contributed by atoms with van der Waals surface area (Å²) in [6, 6.07) is 4.83. The van der Waals surface area contributed by atoms with Gasteiger partial charge in [-0.3, -0.25) is 4.18 Å². The van der Waals surface area contributed by atoms with E-state index in [0.29, 0.717) is 16.5 Å². The maximum absolute atomic E-state index is 12.2. The first kappa shape index (κ1) is 17.5. The molecule has 0 aromatic heterocycles. The normalized spacial score (nSPS) is 22.0. The summed E-state index contributed by atoms with van der Waals surface area (Å²) in [4.78, 5) is 12.2. The Morgan fingerprint density at radius 3 is 2.68 bits per heavy atom. The lowest BCUT2D eigenvalue weighted by molar-refractivity contribution is 0.0363. The maximum Gasteiger partial charge on any atom is 0.424 e. The number of rotatable bonds is 2. The molecular formula is C14H17Cl2NO4S. The summed E-state index contributed by atoms with van der Waals surface area (Å²) < 4.78 is 23.4. The van der Waals surface area contributed by atoms with Gasteiger partial charge in [-0.2, -0.15) is 4.31 Å². The molecule has 1 aliphatic heterocycles. The lowest BCUT2D eigenvalue weighted by Crippen LogP contribution is -2.41. The largest absolute Gasteiger partial charge is 0.443 e. The molecule has 1 aromatic rings. The molecule has 0 radical (unpaired) electrons. The van der Waals surface area contributed by atoms with Crippen molar-refractivity contribution in [3.8, 4) is 0 Å². The third-order valence-corrected chi connectivity index (χ3v) is 4.73. The molecular weight excluding hydrogens is 349 g/mol. The maximum atomic E-state index is 12.2. The predicted octanol–water partition coefficient (Wildman–Crippen LogP) is 3.75. The van der Waals surface area contributed by atoms with Crippen molar-refractivity contribution in [3.05, 3.63) is 33.8 Å². The van der Waals surface area contributed by atoms with Gasteiger partial charge in [0, 0.05) is 0 Å². The summed E-state index contributed by atoms with van der Waals surface area (Å²) >= 11 is 10.0. The van der Waals surface area contributed by atoms with Crippen molar-refractivity contribution in [1.82, 2.24) is 4.31 Å². The summed E-state index contributed by atoms with van der Waals surface area (Å²) in [7, 11) is 0. The van der Waals surface area contributed by atoms with E-state index >= 15 is 0 Å². The van der Waals surface area contributed by atoms with Crippen LogP contribution in [0.15, 0.2) is 18.2 Å². The Kier molecular flexibility index (Phi) is 5.37. The fourth-order valence-electron chi connectivity index (χ4n) is 1.98. The Morgan fingerprint density at radius 1 is 1.41 bits per heavy atom. The molecule has 122 valence electrons. The Balaban J connectivity index is 2.13. The Morgan fingerprint density at radius 2 is 2.09 bits per heavy atom. The highest BCUT2D eigenvalue weighted by atomic mass is 35.5. The predicted molar refractivity (Wildman–Crippen MR) is 86.1 cm³/mol. The number of carbonyl (C=O) groups excluding carboxylic acids is 1. The van der Waals surface area contributed by atoms with Gasteiger partial charge < -0.3 is 4.74 Å². The van der Waals surface area contributed by atoms with Gasteiger partial charge in [-0.05, 0) is 44.9 Å². The van der Waals surface area contributed by atoms with Crippen molar-refractivity contribution < 1.29 is 17.9 Å². The minimum Gasteiger partial charge on any atom is -0.443 e. The molecule has 0 aliphatic carbocycles. The van der Waals surface area contributed by atoms with Crippen LogP contribution < -0.4 is 0 Å². The first-order chi connectivity index (χ1) is 10.2. The van der Waals surface area contributed by atoms with Crippen molar-refractivity contribution in [2.75, 3.05) is 6.61 Å². The molecule has 0 N–H and O–H groups in total. The number of nitrogens with zero attached hydrogens (tertiary/aromatic N) is 1. The molecule has 0 bridgehead atoms. The Labute approximate surface area is 142 Å². The number of benzene rings is 1. The highest BCUT2D eigenvalue weighted by Gasteiger charge is 2.39. The van der Waals surface area contributed by atoms with Gasteiger partial charge in [-0.15, -0.1) is 0 Å². The van der Waals surface area contributed by atoms with Gasteiger partial charge in [0.15, 0.2) is 0 Å². The van der Waals surface area contributed by atoms with Crippen molar-refractivity contribution >= 4 is 40.6 Å². The van der Waals surface area contributed by atoms with Crippen molar-refractivity contribution in [2.45, 2.75) is 38.8 Å². The fraction of sp³-hybridized carbons (Fsp3) is 0.500. The molecule has 1 amide bonds.